The Labute approximate surface area is 358 Å². The van der Waals surface area contributed by atoms with Gasteiger partial charge in [-0.05, 0) is 93.5 Å². The molecule has 2 aromatic heterocycles. The van der Waals surface area contributed by atoms with Gasteiger partial charge >= 0.3 is 0 Å². The van der Waals surface area contributed by atoms with Gasteiger partial charge in [0.1, 0.15) is 22.9 Å². The Bertz CT molecular complexity index is 2810. The summed E-state index contributed by atoms with van der Waals surface area (Å²) >= 11 is 7.87. The van der Waals surface area contributed by atoms with Gasteiger partial charge in [-0.2, -0.15) is 10.2 Å². The second-order valence-corrected chi connectivity index (χ2v) is 17.1. The quantitative estimate of drug-likeness (QED) is 0.0908. The number of thiophene rings is 1. The number of rotatable bonds is 9. The highest BCUT2D eigenvalue weighted by Crippen LogP contribution is 2.40. The standard InChI is InChI=1S/C44H38ClN9O6S/c1-21-22(2)61-44-38(21)39(25-10-12-28(45)13-11-25)47-33(40-52-49-23(3)53(40)44)20-37(57)46-16-4-5-35(55)27-9-7-24-6-8-26-17-29-30(19-32(26)51-50-31(24)18-27)43(60)54(42(29)59)34-14-15-36(56)48-41(34)58/h7,9-13,17-19,33-34H,4-6,8,14-16,20H2,1-3H3,(H,46,57)(H,48,56,58). The molecule has 1 saturated heterocycles. The van der Waals surface area contributed by atoms with Crippen molar-refractivity contribution in [2.24, 2.45) is 15.2 Å². The summed E-state index contributed by atoms with van der Waals surface area (Å²) < 4.78 is 2.00. The summed E-state index contributed by atoms with van der Waals surface area (Å²) in [6.45, 7) is 6.31. The number of imide groups is 2. The smallest absolute Gasteiger partial charge is 0.262 e. The Kier molecular flexibility index (Phi) is 10.4. The molecule has 4 aliphatic heterocycles. The summed E-state index contributed by atoms with van der Waals surface area (Å²) in [5, 5.41) is 24.5. The molecule has 1 fully saturated rings. The van der Waals surface area contributed by atoms with Crippen LogP contribution < -0.4 is 10.6 Å². The third-order valence-electron chi connectivity index (χ3n) is 11.6. The van der Waals surface area contributed by atoms with Crippen LogP contribution in [0.15, 0.2) is 69.8 Å². The molecule has 4 aliphatic rings. The molecule has 2 N–H and O–H groups in total. The molecule has 0 aliphatic carbocycles. The van der Waals surface area contributed by atoms with Gasteiger partial charge in [-0.3, -0.25) is 48.5 Å². The number of Topliss-reactive ketones (excluding diaryl/α,β-unsaturated/α-hetero) is 1. The molecule has 0 spiro atoms. The zero-order chi connectivity index (χ0) is 42.7. The van der Waals surface area contributed by atoms with E-state index in [-0.39, 0.29) is 55.0 Å². The van der Waals surface area contributed by atoms with E-state index in [0.717, 1.165) is 42.7 Å². The van der Waals surface area contributed by atoms with Crippen molar-refractivity contribution in [3.05, 3.63) is 121 Å². The fourth-order valence-electron chi connectivity index (χ4n) is 8.26. The highest BCUT2D eigenvalue weighted by atomic mass is 35.5. The number of amides is 5. The predicted molar refractivity (Wildman–Crippen MR) is 226 cm³/mol. The van der Waals surface area contributed by atoms with Crippen LogP contribution in [0.5, 0.6) is 0 Å². The van der Waals surface area contributed by atoms with Gasteiger partial charge in [0, 0.05) is 46.0 Å². The molecule has 0 radical (unpaired) electrons. The van der Waals surface area contributed by atoms with Crippen LogP contribution in [0.1, 0.15) is 114 Å². The van der Waals surface area contributed by atoms with Crippen LogP contribution in [-0.2, 0) is 27.2 Å². The number of hydrogen-bond acceptors (Lipinski definition) is 12. The first kappa shape index (κ1) is 39.9. The summed E-state index contributed by atoms with van der Waals surface area (Å²) in [7, 11) is 0. The number of carbonyl (C=O) groups is 6. The first-order valence-corrected chi connectivity index (χ1v) is 21.1. The molecule has 5 aromatic rings. The molecule has 17 heteroatoms. The molecular weight excluding hydrogens is 818 g/mol. The number of ketones is 1. The molecule has 15 nitrogen and oxygen atoms in total. The van der Waals surface area contributed by atoms with Gasteiger partial charge in [0.25, 0.3) is 11.8 Å². The highest BCUT2D eigenvalue weighted by Gasteiger charge is 2.45. The number of azo groups is 1. The lowest BCUT2D eigenvalue weighted by molar-refractivity contribution is -0.136. The van der Waals surface area contributed by atoms with E-state index in [4.69, 9.17) is 16.6 Å². The Morgan fingerprint density at radius 3 is 2.36 bits per heavy atom. The van der Waals surface area contributed by atoms with E-state index in [1.165, 1.54) is 6.07 Å². The van der Waals surface area contributed by atoms with Gasteiger partial charge in [0.2, 0.25) is 17.7 Å². The molecule has 61 heavy (non-hydrogen) atoms. The molecule has 9 rings (SSSR count). The van der Waals surface area contributed by atoms with E-state index < -0.39 is 35.7 Å². The van der Waals surface area contributed by atoms with Crippen LogP contribution in [0.4, 0.5) is 11.4 Å². The van der Waals surface area contributed by atoms with E-state index in [2.05, 4.69) is 44.9 Å². The molecule has 0 saturated carbocycles. The maximum atomic E-state index is 13.5. The van der Waals surface area contributed by atoms with Gasteiger partial charge in [0.15, 0.2) is 11.6 Å². The van der Waals surface area contributed by atoms with E-state index in [9.17, 15) is 28.8 Å². The molecule has 308 valence electrons. The maximum Gasteiger partial charge on any atom is 0.262 e. The van der Waals surface area contributed by atoms with E-state index >= 15 is 0 Å². The number of aromatic nitrogens is 3. The SMILES string of the molecule is Cc1sc2c(c1C)C(c1ccc(Cl)cc1)=NC(CC(=O)NCCCC(=O)c1ccc3c(c1)N=Nc1cc4c(cc1CC3)C(=O)N(C1CCC(=O)NC1=O)C4=O)c1nnc(C)n1-2. The van der Waals surface area contributed by atoms with Crippen LogP contribution in [0, 0.1) is 20.8 Å². The van der Waals surface area contributed by atoms with E-state index in [0.29, 0.717) is 58.4 Å². The molecule has 0 bridgehead atoms. The van der Waals surface area contributed by atoms with Gasteiger partial charge < -0.3 is 5.32 Å². The minimum absolute atomic E-state index is 0.0282. The Morgan fingerprint density at radius 2 is 1.61 bits per heavy atom. The van der Waals surface area contributed by atoms with Crippen molar-refractivity contribution in [1.29, 1.82) is 0 Å². The summed E-state index contributed by atoms with van der Waals surface area (Å²) in [5.41, 5.74) is 6.98. The van der Waals surface area contributed by atoms with Crippen LogP contribution in [0.25, 0.3) is 5.00 Å². The zero-order valence-electron chi connectivity index (χ0n) is 33.4. The van der Waals surface area contributed by atoms with E-state index in [1.54, 1.807) is 29.5 Å². The zero-order valence-corrected chi connectivity index (χ0v) is 34.9. The third-order valence-corrected chi connectivity index (χ3v) is 13.1. The van der Waals surface area contributed by atoms with Crippen LogP contribution in [-0.4, -0.2) is 73.3 Å². The number of aryl methyl sites for hydroxylation is 4. The predicted octanol–water partition coefficient (Wildman–Crippen LogP) is 6.88. The van der Waals surface area contributed by atoms with Gasteiger partial charge in [-0.1, -0.05) is 35.9 Å². The molecule has 6 heterocycles. The fraction of sp³-hybridized carbons (Fsp3) is 0.295. The molecule has 5 amide bonds. The Balaban J connectivity index is 0.853. The number of fused-ring (bicyclic) bond motifs is 6. The van der Waals surface area contributed by atoms with Crippen molar-refractivity contribution in [2.75, 3.05) is 6.54 Å². The number of nitrogens with one attached hydrogen (secondary N) is 2. The first-order chi connectivity index (χ1) is 29.4. The van der Waals surface area contributed by atoms with Gasteiger partial charge in [-0.25, -0.2) is 0 Å². The average Bonchev–Trinajstić information content (AvgIpc) is 3.80. The van der Waals surface area contributed by atoms with Crippen LogP contribution in [0.3, 0.4) is 0 Å². The number of halogens is 1. The number of benzene rings is 3. The lowest BCUT2D eigenvalue weighted by atomic mass is 9.95. The number of piperidine rings is 1. The monoisotopic (exact) mass is 855 g/mol. The highest BCUT2D eigenvalue weighted by molar-refractivity contribution is 7.15. The summed E-state index contributed by atoms with van der Waals surface area (Å²) in [4.78, 5) is 85.1. The summed E-state index contributed by atoms with van der Waals surface area (Å²) in [5.74, 6) is -1.39. The number of aliphatic imine (C=N–C) groups is 1. The van der Waals surface area contributed by atoms with Crippen LogP contribution in [0.2, 0.25) is 5.02 Å². The molecule has 2 unspecified atom stereocenters. The van der Waals surface area contributed by atoms with Crippen molar-refractivity contribution in [3.63, 3.8) is 0 Å². The molecule has 2 atom stereocenters. The summed E-state index contributed by atoms with van der Waals surface area (Å²) in [6, 6.07) is 14.3. The number of hydrogen-bond donors (Lipinski definition) is 2. The third kappa shape index (κ3) is 7.29. The van der Waals surface area contributed by atoms with Crippen molar-refractivity contribution < 1.29 is 28.8 Å². The minimum Gasteiger partial charge on any atom is -0.356 e. The fourth-order valence-corrected chi connectivity index (χ4v) is 9.60. The topological polar surface area (TPSA) is 198 Å². The largest absolute Gasteiger partial charge is 0.356 e. The Morgan fingerprint density at radius 1 is 0.885 bits per heavy atom. The van der Waals surface area contributed by atoms with Crippen molar-refractivity contribution in [2.45, 2.75) is 77.8 Å². The van der Waals surface area contributed by atoms with Gasteiger partial charge in [0.05, 0.1) is 34.6 Å². The maximum absolute atomic E-state index is 13.5. The van der Waals surface area contributed by atoms with Crippen molar-refractivity contribution in [3.8, 4) is 5.00 Å². The average molecular weight is 856 g/mol. The lowest BCUT2D eigenvalue weighted by Gasteiger charge is -2.27. The van der Waals surface area contributed by atoms with Crippen LogP contribution >= 0.6 is 22.9 Å². The number of nitrogens with zero attached hydrogens (tertiary/aromatic N) is 7. The van der Waals surface area contributed by atoms with Crippen molar-refractivity contribution >= 4 is 75.3 Å². The lowest BCUT2D eigenvalue weighted by Crippen LogP contribution is -2.54. The van der Waals surface area contributed by atoms with Crippen molar-refractivity contribution in [1.82, 2.24) is 30.3 Å². The molecular formula is C44H38ClN9O6S. The second kappa shape index (κ2) is 15.8. The minimum atomic E-state index is -1.07. The second-order valence-electron chi connectivity index (χ2n) is 15.5. The normalized spacial score (nSPS) is 17.9. The molecule has 3 aromatic carbocycles. The Hall–Kier alpha value is -6.52. The summed E-state index contributed by atoms with van der Waals surface area (Å²) in [6.07, 6.45) is 1.73. The van der Waals surface area contributed by atoms with E-state index in [1.807, 2.05) is 41.8 Å². The first-order valence-electron chi connectivity index (χ1n) is 20.0. The van der Waals surface area contributed by atoms with Gasteiger partial charge in [-0.15, -0.1) is 21.5 Å². The number of carbonyl (C=O) groups excluding carboxylic acids is 6.